The minimum Gasteiger partial charge on any atom is -0.359 e. The predicted molar refractivity (Wildman–Crippen MR) is 81.6 cm³/mol. The highest BCUT2D eigenvalue weighted by molar-refractivity contribution is 5.90. The molecule has 114 valence electrons. The number of hydrogen-bond acceptors (Lipinski definition) is 3. The fourth-order valence-corrected chi connectivity index (χ4v) is 4.37. The second-order valence-corrected chi connectivity index (χ2v) is 6.47. The maximum Gasteiger partial charge on any atom is 0.147 e. The molecule has 0 aliphatic heterocycles. The Hall–Kier alpha value is -1.19. The molecule has 1 unspecified atom stereocenters. The lowest BCUT2D eigenvalue weighted by atomic mass is 9.68. The van der Waals surface area contributed by atoms with E-state index in [1.807, 2.05) is 6.08 Å². The second-order valence-electron chi connectivity index (χ2n) is 6.47. The van der Waals surface area contributed by atoms with E-state index in [4.69, 9.17) is 9.47 Å². The van der Waals surface area contributed by atoms with Gasteiger partial charge in [0.25, 0.3) is 0 Å². The van der Waals surface area contributed by atoms with Crippen LogP contribution in [0.15, 0.2) is 37.0 Å². The van der Waals surface area contributed by atoms with Gasteiger partial charge in [0.15, 0.2) is 0 Å². The molecule has 3 nitrogen and oxygen atoms in total. The van der Waals surface area contributed by atoms with E-state index < -0.39 is 5.41 Å². The Morgan fingerprint density at radius 1 is 1.38 bits per heavy atom. The summed E-state index contributed by atoms with van der Waals surface area (Å²) in [5.41, 5.74) is -0.429. The molecule has 21 heavy (non-hydrogen) atoms. The van der Waals surface area contributed by atoms with Crippen molar-refractivity contribution in [3.8, 4) is 0 Å². The molecule has 3 heteroatoms. The van der Waals surface area contributed by atoms with Gasteiger partial charge in [-0.1, -0.05) is 30.4 Å². The summed E-state index contributed by atoms with van der Waals surface area (Å²) >= 11 is 0. The number of ether oxygens (including phenoxy) is 2. The van der Waals surface area contributed by atoms with E-state index in [0.29, 0.717) is 11.7 Å². The normalized spacial score (nSPS) is 41.5. The molecule has 0 saturated heterocycles. The van der Waals surface area contributed by atoms with Crippen LogP contribution in [-0.2, 0) is 14.3 Å². The molecule has 3 aliphatic carbocycles. The van der Waals surface area contributed by atoms with Crippen LogP contribution in [0.25, 0.3) is 0 Å². The highest BCUT2D eigenvalue weighted by atomic mass is 16.7. The average molecular weight is 288 g/mol. The Labute approximate surface area is 126 Å². The number of carbonyl (C=O) groups is 1. The molecule has 0 aromatic carbocycles. The standard InChI is InChI=1S/C18H24O3/c1-3-13-10-15-8-4-6-14-7-5-9-16(21-12-20-2)18(15,11-13)17(14)19/h3-5,8-9,13-16H,1,6-7,10-12H2,2H3/t13-,14+,15+,16?,18-/m0/s1. The third kappa shape index (κ3) is 2.33. The van der Waals surface area contributed by atoms with Crippen LogP contribution in [-0.4, -0.2) is 25.8 Å². The Kier molecular flexibility index (Phi) is 4.14. The van der Waals surface area contributed by atoms with Gasteiger partial charge in [0.1, 0.15) is 12.6 Å². The van der Waals surface area contributed by atoms with E-state index in [0.717, 1.165) is 25.7 Å². The van der Waals surface area contributed by atoms with Crippen LogP contribution in [0.3, 0.4) is 0 Å². The van der Waals surface area contributed by atoms with Crippen LogP contribution in [0.1, 0.15) is 25.7 Å². The second kappa shape index (κ2) is 5.90. The topological polar surface area (TPSA) is 35.5 Å². The average Bonchev–Trinajstić information content (AvgIpc) is 2.76. The number of methoxy groups -OCH3 is 1. The van der Waals surface area contributed by atoms with Gasteiger partial charge in [-0.25, -0.2) is 0 Å². The van der Waals surface area contributed by atoms with Gasteiger partial charge in [0.05, 0.1) is 11.5 Å². The lowest BCUT2D eigenvalue weighted by molar-refractivity contribution is -0.150. The van der Waals surface area contributed by atoms with Gasteiger partial charge in [-0.15, -0.1) is 6.58 Å². The first-order valence-electron chi connectivity index (χ1n) is 7.83. The first-order valence-corrected chi connectivity index (χ1v) is 7.83. The molecule has 0 aromatic rings. The molecule has 0 radical (unpaired) electrons. The molecule has 2 bridgehead atoms. The molecular formula is C18H24O3. The summed E-state index contributed by atoms with van der Waals surface area (Å²) in [5.74, 6) is 1.13. The highest BCUT2D eigenvalue weighted by Crippen LogP contribution is 2.55. The summed E-state index contributed by atoms with van der Waals surface area (Å²) in [6.07, 6.45) is 14.0. The van der Waals surface area contributed by atoms with Crippen LogP contribution < -0.4 is 0 Å². The van der Waals surface area contributed by atoms with E-state index in [2.05, 4.69) is 30.9 Å². The molecule has 5 atom stereocenters. The molecule has 1 saturated carbocycles. The zero-order valence-electron chi connectivity index (χ0n) is 12.7. The summed E-state index contributed by atoms with van der Waals surface area (Å²) in [6, 6.07) is 0. The van der Waals surface area contributed by atoms with Crippen molar-refractivity contribution in [2.75, 3.05) is 13.9 Å². The van der Waals surface area contributed by atoms with Crippen molar-refractivity contribution in [2.45, 2.75) is 31.8 Å². The third-order valence-electron chi connectivity index (χ3n) is 5.37. The van der Waals surface area contributed by atoms with E-state index in [-0.39, 0.29) is 24.7 Å². The first-order chi connectivity index (χ1) is 10.2. The van der Waals surface area contributed by atoms with Crippen LogP contribution in [0, 0.1) is 23.2 Å². The lowest BCUT2D eigenvalue weighted by Gasteiger charge is -2.38. The molecule has 0 heterocycles. The lowest BCUT2D eigenvalue weighted by Crippen LogP contribution is -2.46. The van der Waals surface area contributed by atoms with Gasteiger partial charge in [0.2, 0.25) is 0 Å². The quantitative estimate of drug-likeness (QED) is 0.588. The van der Waals surface area contributed by atoms with Crippen molar-refractivity contribution in [1.29, 1.82) is 0 Å². The van der Waals surface area contributed by atoms with Gasteiger partial charge in [0, 0.05) is 13.0 Å². The highest BCUT2D eigenvalue weighted by Gasteiger charge is 2.57. The smallest absolute Gasteiger partial charge is 0.147 e. The van der Waals surface area contributed by atoms with Crippen molar-refractivity contribution < 1.29 is 14.3 Å². The number of ketones is 1. The van der Waals surface area contributed by atoms with Crippen molar-refractivity contribution in [3.63, 3.8) is 0 Å². The summed E-state index contributed by atoms with van der Waals surface area (Å²) < 4.78 is 11.0. The summed E-state index contributed by atoms with van der Waals surface area (Å²) in [7, 11) is 1.62. The molecule has 0 amide bonds. The molecule has 3 rings (SSSR count). The minimum atomic E-state index is -0.429. The Bertz CT molecular complexity index is 479. The number of Topliss-reactive ketones (excluding diaryl/α,β-unsaturated/α-hetero) is 1. The number of carbonyl (C=O) groups excluding carboxylic acids is 1. The molecule has 1 spiro atoms. The fraction of sp³-hybridized carbons (Fsp3) is 0.611. The molecular weight excluding hydrogens is 264 g/mol. The van der Waals surface area contributed by atoms with Crippen LogP contribution in [0.4, 0.5) is 0 Å². The number of hydrogen-bond donors (Lipinski definition) is 0. The first kappa shape index (κ1) is 14.7. The Morgan fingerprint density at radius 3 is 2.86 bits per heavy atom. The maximum absolute atomic E-state index is 13.3. The van der Waals surface area contributed by atoms with Crippen LogP contribution >= 0.6 is 0 Å². The molecule has 3 aliphatic rings. The minimum absolute atomic E-state index is 0.0993. The largest absolute Gasteiger partial charge is 0.359 e. The Balaban J connectivity index is 2.03. The predicted octanol–water partition coefficient (Wildman–Crippen LogP) is 3.28. The van der Waals surface area contributed by atoms with Gasteiger partial charge >= 0.3 is 0 Å². The van der Waals surface area contributed by atoms with E-state index >= 15 is 0 Å². The van der Waals surface area contributed by atoms with Crippen LogP contribution in [0.5, 0.6) is 0 Å². The summed E-state index contributed by atoms with van der Waals surface area (Å²) in [5, 5.41) is 0. The monoisotopic (exact) mass is 288 g/mol. The number of rotatable bonds is 4. The molecule has 1 fully saturated rings. The molecule has 0 N–H and O–H groups in total. The zero-order valence-corrected chi connectivity index (χ0v) is 12.7. The van der Waals surface area contributed by atoms with E-state index in [1.54, 1.807) is 7.11 Å². The Morgan fingerprint density at radius 2 is 2.14 bits per heavy atom. The fourth-order valence-electron chi connectivity index (χ4n) is 4.37. The van der Waals surface area contributed by atoms with Crippen LogP contribution in [0.2, 0.25) is 0 Å². The van der Waals surface area contributed by atoms with Crippen molar-refractivity contribution in [2.24, 2.45) is 23.2 Å². The van der Waals surface area contributed by atoms with E-state index in [9.17, 15) is 4.79 Å². The maximum atomic E-state index is 13.3. The summed E-state index contributed by atoms with van der Waals surface area (Å²) in [6.45, 7) is 4.17. The third-order valence-corrected chi connectivity index (χ3v) is 5.37. The van der Waals surface area contributed by atoms with Gasteiger partial charge < -0.3 is 9.47 Å². The van der Waals surface area contributed by atoms with Crippen molar-refractivity contribution >= 4 is 5.78 Å². The van der Waals surface area contributed by atoms with Gasteiger partial charge in [-0.05, 0) is 37.5 Å². The van der Waals surface area contributed by atoms with Gasteiger partial charge in [-0.3, -0.25) is 4.79 Å². The van der Waals surface area contributed by atoms with Crippen molar-refractivity contribution in [1.82, 2.24) is 0 Å². The SMILES string of the molecule is C=C[C@H]1C[C@H]2C=CC[C@@H]3CC=CC(OCOC)[C@@]2(C1)C3=O. The zero-order chi connectivity index (χ0) is 14.9. The van der Waals surface area contributed by atoms with Gasteiger partial charge in [-0.2, -0.15) is 0 Å². The number of allylic oxidation sites excluding steroid dienone is 4. The number of fused-ring (bicyclic) bond motifs is 1. The molecule has 0 aromatic heterocycles. The van der Waals surface area contributed by atoms with Crippen molar-refractivity contribution in [3.05, 3.63) is 37.0 Å². The van der Waals surface area contributed by atoms with E-state index in [1.165, 1.54) is 0 Å². The summed E-state index contributed by atoms with van der Waals surface area (Å²) in [4.78, 5) is 13.3.